The topological polar surface area (TPSA) is 79.5 Å². The van der Waals surface area contributed by atoms with Gasteiger partial charge in [-0.1, -0.05) is 0 Å². The fourth-order valence-corrected chi connectivity index (χ4v) is 1.20. The van der Waals surface area contributed by atoms with E-state index in [0.29, 0.717) is 5.76 Å². The summed E-state index contributed by atoms with van der Waals surface area (Å²) in [5, 5.41) is 11.0. The van der Waals surface area contributed by atoms with Crippen molar-refractivity contribution in [1.29, 1.82) is 0 Å². The molecule has 0 aromatic carbocycles. The Labute approximate surface area is 97.5 Å². The summed E-state index contributed by atoms with van der Waals surface area (Å²) in [6, 6.07) is 2.37. The Morgan fingerprint density at radius 3 is 2.88 bits per heavy atom. The molecule has 0 bridgehead atoms. The molecule has 0 saturated carbocycles. The van der Waals surface area contributed by atoms with Gasteiger partial charge in [0.1, 0.15) is 11.8 Å². The molecule has 5 nitrogen and oxygen atoms in total. The third-order valence-corrected chi connectivity index (χ3v) is 2.10. The van der Waals surface area contributed by atoms with Gasteiger partial charge in [0, 0.05) is 11.8 Å². The molecule has 86 valence electrons. The molecule has 0 spiro atoms. The predicted molar refractivity (Wildman–Crippen MR) is 61.2 cm³/mol. The molecule has 1 rings (SSSR count). The number of furan rings is 1. The van der Waals surface area contributed by atoms with E-state index in [2.05, 4.69) is 17.9 Å². The highest BCUT2D eigenvalue weighted by molar-refractivity contribution is 7.80. The number of carbonyl (C=O) groups is 2. The van der Waals surface area contributed by atoms with Crippen molar-refractivity contribution in [1.82, 2.24) is 5.32 Å². The molecule has 6 heteroatoms. The van der Waals surface area contributed by atoms with E-state index in [9.17, 15) is 9.59 Å². The number of nitrogens with one attached hydrogen (secondary N) is 1. The maximum Gasteiger partial charge on any atom is 0.327 e. The van der Waals surface area contributed by atoms with Crippen molar-refractivity contribution in [3.63, 3.8) is 0 Å². The first-order valence-corrected chi connectivity index (χ1v) is 5.12. The lowest BCUT2D eigenvalue weighted by Crippen LogP contribution is -2.41. The first-order chi connectivity index (χ1) is 7.63. The van der Waals surface area contributed by atoms with Crippen LogP contribution < -0.4 is 5.32 Å². The largest absolute Gasteiger partial charge is 0.480 e. The van der Waals surface area contributed by atoms with E-state index in [0.717, 1.165) is 0 Å². The third-order valence-electron chi connectivity index (χ3n) is 1.74. The van der Waals surface area contributed by atoms with E-state index < -0.39 is 17.9 Å². The summed E-state index contributed by atoms with van der Waals surface area (Å²) < 4.78 is 4.96. The highest BCUT2D eigenvalue weighted by Gasteiger charge is 2.16. The fraction of sp³-hybridized carbons (Fsp3) is 0.200. The summed E-state index contributed by atoms with van der Waals surface area (Å²) in [5.41, 5.74) is 0. The van der Waals surface area contributed by atoms with Crippen LogP contribution >= 0.6 is 12.6 Å². The number of thiol groups is 1. The Balaban J connectivity index is 2.50. The summed E-state index contributed by atoms with van der Waals surface area (Å²) in [4.78, 5) is 21.9. The highest BCUT2D eigenvalue weighted by Crippen LogP contribution is 2.01. The zero-order valence-electron chi connectivity index (χ0n) is 8.29. The van der Waals surface area contributed by atoms with Crippen molar-refractivity contribution >= 4 is 30.6 Å². The number of amides is 1. The molecule has 0 aliphatic carbocycles. The average molecular weight is 241 g/mol. The lowest BCUT2D eigenvalue weighted by molar-refractivity contribution is -0.140. The lowest BCUT2D eigenvalue weighted by Gasteiger charge is -2.09. The lowest BCUT2D eigenvalue weighted by atomic mass is 10.3. The molecular weight excluding hydrogens is 230 g/mol. The van der Waals surface area contributed by atoms with Crippen LogP contribution in [-0.2, 0) is 9.59 Å². The molecule has 0 unspecified atom stereocenters. The van der Waals surface area contributed by atoms with Gasteiger partial charge in [0.2, 0.25) is 5.91 Å². The van der Waals surface area contributed by atoms with Gasteiger partial charge in [-0.2, -0.15) is 12.6 Å². The molecule has 0 radical (unpaired) electrons. The Morgan fingerprint density at radius 2 is 2.38 bits per heavy atom. The van der Waals surface area contributed by atoms with E-state index in [4.69, 9.17) is 9.52 Å². The van der Waals surface area contributed by atoms with Crippen LogP contribution in [0.25, 0.3) is 6.08 Å². The maximum atomic E-state index is 11.3. The maximum absolute atomic E-state index is 11.3. The van der Waals surface area contributed by atoms with Crippen molar-refractivity contribution in [2.75, 3.05) is 5.75 Å². The highest BCUT2D eigenvalue weighted by atomic mass is 32.1. The molecule has 1 amide bonds. The first kappa shape index (κ1) is 12.4. The van der Waals surface area contributed by atoms with Crippen LogP contribution in [0.15, 0.2) is 28.9 Å². The van der Waals surface area contributed by atoms with Gasteiger partial charge < -0.3 is 14.8 Å². The quantitative estimate of drug-likeness (QED) is 0.526. The smallest absolute Gasteiger partial charge is 0.327 e. The Hall–Kier alpha value is -1.69. The summed E-state index contributed by atoms with van der Waals surface area (Å²) in [5.74, 6) is -1.06. The van der Waals surface area contributed by atoms with Crippen molar-refractivity contribution in [3.05, 3.63) is 30.2 Å². The Morgan fingerprint density at radius 1 is 1.62 bits per heavy atom. The Kier molecular flexibility index (Phi) is 4.65. The van der Waals surface area contributed by atoms with Crippen molar-refractivity contribution < 1.29 is 19.1 Å². The van der Waals surface area contributed by atoms with E-state index in [1.54, 1.807) is 12.1 Å². The SMILES string of the molecule is O=C(C=Cc1ccco1)N[C@@H](CS)C(=O)O. The Bertz CT molecular complexity index is 386. The number of carboxylic acid groups (broad SMARTS) is 1. The van der Waals surface area contributed by atoms with Gasteiger partial charge in [-0.25, -0.2) is 4.79 Å². The average Bonchev–Trinajstić information content (AvgIpc) is 2.75. The van der Waals surface area contributed by atoms with Gasteiger partial charge in [0.15, 0.2) is 0 Å². The number of carbonyl (C=O) groups excluding carboxylic acids is 1. The molecular formula is C10H11NO4S. The van der Waals surface area contributed by atoms with Gasteiger partial charge in [0.25, 0.3) is 0 Å². The standard InChI is InChI=1S/C10H11NO4S/c12-9(11-8(6-16)10(13)14)4-3-7-2-1-5-15-7/h1-5,8,16H,6H2,(H,11,12)(H,13,14)/t8-/m0/s1. The molecule has 0 fully saturated rings. The fourth-order valence-electron chi connectivity index (χ4n) is 0.949. The van der Waals surface area contributed by atoms with Crippen LogP contribution in [0.3, 0.4) is 0 Å². The second-order valence-electron chi connectivity index (χ2n) is 2.93. The van der Waals surface area contributed by atoms with Gasteiger partial charge >= 0.3 is 5.97 Å². The molecule has 1 atom stereocenters. The van der Waals surface area contributed by atoms with Crippen LogP contribution in [-0.4, -0.2) is 28.8 Å². The molecule has 1 heterocycles. The van der Waals surface area contributed by atoms with Crippen molar-refractivity contribution in [3.8, 4) is 0 Å². The molecule has 0 saturated heterocycles. The predicted octanol–water partition coefficient (Wildman–Crippen LogP) is 0.792. The van der Waals surface area contributed by atoms with E-state index in [1.807, 2.05) is 0 Å². The minimum absolute atomic E-state index is 0.0374. The van der Waals surface area contributed by atoms with E-state index in [1.165, 1.54) is 18.4 Å². The minimum atomic E-state index is -1.12. The van der Waals surface area contributed by atoms with E-state index in [-0.39, 0.29) is 5.75 Å². The summed E-state index contributed by atoms with van der Waals surface area (Å²) in [6.07, 6.45) is 4.14. The zero-order valence-corrected chi connectivity index (χ0v) is 9.18. The van der Waals surface area contributed by atoms with Gasteiger partial charge in [-0.3, -0.25) is 4.79 Å². The zero-order chi connectivity index (χ0) is 12.0. The number of hydrogen-bond donors (Lipinski definition) is 3. The molecule has 16 heavy (non-hydrogen) atoms. The molecule has 1 aromatic rings. The second kappa shape index (κ2) is 6.02. The third kappa shape index (κ3) is 3.82. The molecule has 1 aromatic heterocycles. The van der Waals surface area contributed by atoms with Crippen LogP contribution in [0, 0.1) is 0 Å². The number of aliphatic carboxylic acids is 1. The van der Waals surface area contributed by atoms with Crippen molar-refractivity contribution in [2.45, 2.75) is 6.04 Å². The number of hydrogen-bond acceptors (Lipinski definition) is 4. The minimum Gasteiger partial charge on any atom is -0.480 e. The second-order valence-corrected chi connectivity index (χ2v) is 3.30. The molecule has 0 aliphatic heterocycles. The summed E-state index contributed by atoms with van der Waals surface area (Å²) in [6.45, 7) is 0. The molecule has 2 N–H and O–H groups in total. The molecule has 0 aliphatic rings. The summed E-state index contributed by atoms with van der Waals surface area (Å²) >= 11 is 3.82. The van der Waals surface area contributed by atoms with Crippen LogP contribution in [0.5, 0.6) is 0 Å². The van der Waals surface area contributed by atoms with Crippen LogP contribution in [0.2, 0.25) is 0 Å². The van der Waals surface area contributed by atoms with Crippen LogP contribution in [0.1, 0.15) is 5.76 Å². The van der Waals surface area contributed by atoms with Gasteiger partial charge in [-0.15, -0.1) is 0 Å². The van der Waals surface area contributed by atoms with Crippen LogP contribution in [0.4, 0.5) is 0 Å². The normalized spacial score (nSPS) is 12.6. The first-order valence-electron chi connectivity index (χ1n) is 4.49. The monoisotopic (exact) mass is 241 g/mol. The van der Waals surface area contributed by atoms with Gasteiger partial charge in [-0.05, 0) is 18.2 Å². The van der Waals surface area contributed by atoms with Crippen molar-refractivity contribution in [2.24, 2.45) is 0 Å². The van der Waals surface area contributed by atoms with Gasteiger partial charge in [0.05, 0.1) is 6.26 Å². The number of carboxylic acids is 1. The van der Waals surface area contributed by atoms with E-state index >= 15 is 0 Å². The summed E-state index contributed by atoms with van der Waals surface area (Å²) in [7, 11) is 0. The number of rotatable bonds is 5.